The van der Waals surface area contributed by atoms with Crippen molar-refractivity contribution >= 4 is 27.8 Å². The van der Waals surface area contributed by atoms with Crippen molar-refractivity contribution < 1.29 is 18.7 Å². The van der Waals surface area contributed by atoms with E-state index in [0.717, 1.165) is 6.07 Å². The lowest BCUT2D eigenvalue weighted by Crippen LogP contribution is -2.38. The van der Waals surface area contributed by atoms with Crippen LogP contribution in [0.1, 0.15) is 31.1 Å². The Kier molecular flexibility index (Phi) is 6.13. The van der Waals surface area contributed by atoms with Crippen molar-refractivity contribution in [2.75, 3.05) is 6.61 Å². The zero-order valence-electron chi connectivity index (χ0n) is 11.6. The van der Waals surface area contributed by atoms with E-state index in [2.05, 4.69) is 21.2 Å². The summed E-state index contributed by atoms with van der Waals surface area (Å²) in [6, 6.07) is 3.97. The second-order valence-corrected chi connectivity index (χ2v) is 5.72. The minimum atomic E-state index is -0.859. The lowest BCUT2D eigenvalue weighted by Gasteiger charge is -2.17. The smallest absolute Gasteiger partial charge is 0.341 e. The van der Waals surface area contributed by atoms with Gasteiger partial charge >= 0.3 is 5.97 Å². The molecular formula is C14H17BrFNO3. The lowest BCUT2D eigenvalue weighted by atomic mass is 10.1. The van der Waals surface area contributed by atoms with Gasteiger partial charge in [0.15, 0.2) is 6.61 Å². The number of nitrogens with one attached hydrogen (secondary N) is 1. The molecule has 0 aliphatic carbocycles. The number of hydrogen-bond donors (Lipinski definition) is 1. The fourth-order valence-corrected chi connectivity index (χ4v) is 1.66. The van der Waals surface area contributed by atoms with Gasteiger partial charge in [-0.1, -0.05) is 29.8 Å². The lowest BCUT2D eigenvalue weighted by molar-refractivity contribution is -0.125. The van der Waals surface area contributed by atoms with Crippen LogP contribution in [0.2, 0.25) is 0 Å². The molecule has 110 valence electrons. The van der Waals surface area contributed by atoms with Gasteiger partial charge in [0.1, 0.15) is 5.82 Å². The van der Waals surface area contributed by atoms with Gasteiger partial charge in [-0.3, -0.25) is 4.79 Å². The minimum absolute atomic E-state index is 0.0226. The van der Waals surface area contributed by atoms with Crippen LogP contribution in [0.5, 0.6) is 0 Å². The molecule has 1 aromatic carbocycles. The Morgan fingerprint density at radius 3 is 2.55 bits per heavy atom. The summed E-state index contributed by atoms with van der Waals surface area (Å²) in [6.45, 7) is 5.37. The normalized spacial score (nSPS) is 12.1. The summed E-state index contributed by atoms with van der Waals surface area (Å²) >= 11 is 3.09. The van der Waals surface area contributed by atoms with Gasteiger partial charge in [-0.2, -0.15) is 0 Å². The first kappa shape index (κ1) is 16.6. The third kappa shape index (κ3) is 4.92. The van der Waals surface area contributed by atoms with Crippen molar-refractivity contribution in [3.63, 3.8) is 0 Å². The van der Waals surface area contributed by atoms with Crippen LogP contribution in [0.25, 0.3) is 0 Å². The van der Waals surface area contributed by atoms with Crippen molar-refractivity contribution in [1.29, 1.82) is 0 Å². The van der Waals surface area contributed by atoms with Crippen LogP contribution in [0, 0.1) is 11.7 Å². The van der Waals surface area contributed by atoms with Gasteiger partial charge in [-0.25, -0.2) is 9.18 Å². The summed E-state index contributed by atoms with van der Waals surface area (Å²) in [5, 5.41) is 2.69. The van der Waals surface area contributed by atoms with Gasteiger partial charge < -0.3 is 10.1 Å². The molecular weight excluding hydrogens is 329 g/mol. The predicted octanol–water partition coefficient (Wildman–Crippen LogP) is 2.91. The van der Waals surface area contributed by atoms with Gasteiger partial charge in [-0.05, 0) is 31.0 Å². The maximum atomic E-state index is 13.5. The van der Waals surface area contributed by atoms with Gasteiger partial charge in [-0.15, -0.1) is 0 Å². The molecule has 0 bridgehead atoms. The van der Waals surface area contributed by atoms with Crippen molar-refractivity contribution in [2.45, 2.75) is 26.8 Å². The van der Waals surface area contributed by atoms with Crippen LogP contribution < -0.4 is 5.32 Å². The number of benzene rings is 1. The monoisotopic (exact) mass is 345 g/mol. The highest BCUT2D eigenvalue weighted by molar-refractivity contribution is 9.10. The summed E-state index contributed by atoms with van der Waals surface area (Å²) in [7, 11) is 0. The van der Waals surface area contributed by atoms with Gasteiger partial charge in [0.05, 0.1) is 5.56 Å². The molecule has 0 aliphatic heterocycles. The molecule has 0 unspecified atom stereocenters. The molecule has 1 rings (SSSR count). The molecule has 0 fully saturated rings. The first-order valence-corrected chi connectivity index (χ1v) is 7.02. The molecule has 20 heavy (non-hydrogen) atoms. The highest BCUT2D eigenvalue weighted by atomic mass is 79.9. The third-order valence-corrected chi connectivity index (χ3v) is 3.37. The van der Waals surface area contributed by atoms with Crippen LogP contribution in [-0.2, 0) is 9.53 Å². The molecule has 0 heterocycles. The Labute approximate surface area is 125 Å². The Hall–Kier alpha value is -1.43. The summed E-state index contributed by atoms with van der Waals surface area (Å²) < 4.78 is 18.8. The van der Waals surface area contributed by atoms with Crippen LogP contribution in [0.3, 0.4) is 0 Å². The van der Waals surface area contributed by atoms with Crippen molar-refractivity contribution in [3.8, 4) is 0 Å². The molecule has 1 N–H and O–H groups in total. The van der Waals surface area contributed by atoms with Crippen LogP contribution >= 0.6 is 15.9 Å². The van der Waals surface area contributed by atoms with Gasteiger partial charge in [0.25, 0.3) is 5.91 Å². The minimum Gasteiger partial charge on any atom is -0.452 e. The van der Waals surface area contributed by atoms with Crippen LogP contribution in [0.4, 0.5) is 4.39 Å². The van der Waals surface area contributed by atoms with Crippen LogP contribution in [0.15, 0.2) is 22.7 Å². The Bertz CT molecular complexity index is 505. The largest absolute Gasteiger partial charge is 0.452 e. The molecule has 1 amide bonds. The second kappa shape index (κ2) is 7.38. The highest BCUT2D eigenvalue weighted by Crippen LogP contribution is 2.16. The number of carbonyl (C=O) groups excluding carboxylic acids is 2. The molecule has 6 heteroatoms. The fraction of sp³-hybridized carbons (Fsp3) is 0.429. The Balaban J connectivity index is 2.53. The van der Waals surface area contributed by atoms with E-state index in [0.29, 0.717) is 4.47 Å². The predicted molar refractivity (Wildman–Crippen MR) is 76.8 cm³/mol. The van der Waals surface area contributed by atoms with E-state index in [-0.39, 0.29) is 17.5 Å². The molecule has 0 radical (unpaired) electrons. The summed E-state index contributed by atoms with van der Waals surface area (Å²) in [5.41, 5.74) is -0.196. The average molecular weight is 346 g/mol. The molecule has 0 spiro atoms. The molecule has 0 aliphatic rings. The number of halogens is 2. The molecule has 1 aromatic rings. The van der Waals surface area contributed by atoms with Gasteiger partial charge in [0.2, 0.25) is 0 Å². The first-order valence-electron chi connectivity index (χ1n) is 6.22. The Morgan fingerprint density at radius 2 is 2.00 bits per heavy atom. The van der Waals surface area contributed by atoms with E-state index in [1.54, 1.807) is 0 Å². The average Bonchev–Trinajstić information content (AvgIpc) is 2.35. The molecule has 1 atom stereocenters. The molecule has 0 aromatic heterocycles. The number of amides is 1. The fourth-order valence-electron chi connectivity index (χ4n) is 1.33. The Morgan fingerprint density at radius 1 is 1.35 bits per heavy atom. The molecule has 0 saturated heterocycles. The topological polar surface area (TPSA) is 55.4 Å². The number of rotatable bonds is 5. The van der Waals surface area contributed by atoms with E-state index in [4.69, 9.17) is 4.74 Å². The summed E-state index contributed by atoms with van der Waals surface area (Å²) in [5.74, 6) is -1.68. The quantitative estimate of drug-likeness (QED) is 0.834. The van der Waals surface area contributed by atoms with Crippen LogP contribution in [-0.4, -0.2) is 24.5 Å². The molecule has 4 nitrogen and oxygen atoms in total. The van der Waals surface area contributed by atoms with E-state index in [1.807, 2.05) is 20.8 Å². The van der Waals surface area contributed by atoms with Crippen molar-refractivity contribution in [3.05, 3.63) is 34.1 Å². The number of carbonyl (C=O) groups is 2. The van der Waals surface area contributed by atoms with Crippen molar-refractivity contribution in [2.24, 2.45) is 5.92 Å². The van der Waals surface area contributed by atoms with E-state index in [1.165, 1.54) is 12.1 Å². The number of esters is 1. The van der Waals surface area contributed by atoms with E-state index < -0.39 is 24.3 Å². The summed E-state index contributed by atoms with van der Waals surface area (Å²) in [6.07, 6.45) is 0. The van der Waals surface area contributed by atoms with Crippen molar-refractivity contribution in [1.82, 2.24) is 5.32 Å². The summed E-state index contributed by atoms with van der Waals surface area (Å²) in [4.78, 5) is 23.2. The standard InChI is InChI=1S/C14H17BrFNO3/c1-8(2)9(3)17-13(18)7-20-14(19)11-5-4-10(15)6-12(11)16/h4-6,8-9H,7H2,1-3H3,(H,17,18)/t9-/m1/s1. The SMILES string of the molecule is CC(C)[C@@H](C)NC(=O)COC(=O)c1ccc(Br)cc1F. The first-order chi connectivity index (χ1) is 9.31. The zero-order valence-corrected chi connectivity index (χ0v) is 13.2. The third-order valence-electron chi connectivity index (χ3n) is 2.87. The van der Waals surface area contributed by atoms with E-state index in [9.17, 15) is 14.0 Å². The molecule has 0 saturated carbocycles. The van der Waals surface area contributed by atoms with E-state index >= 15 is 0 Å². The van der Waals surface area contributed by atoms with Gasteiger partial charge in [0, 0.05) is 10.5 Å². The highest BCUT2D eigenvalue weighted by Gasteiger charge is 2.16. The zero-order chi connectivity index (χ0) is 15.3. The number of hydrogen-bond acceptors (Lipinski definition) is 3. The number of ether oxygens (including phenoxy) is 1. The second-order valence-electron chi connectivity index (χ2n) is 4.80. The maximum Gasteiger partial charge on any atom is 0.341 e. The maximum absolute atomic E-state index is 13.5.